The van der Waals surface area contributed by atoms with Gasteiger partial charge in [0.15, 0.2) is 9.84 Å². The van der Waals surface area contributed by atoms with Crippen LogP contribution in [0.2, 0.25) is 5.02 Å². The Labute approximate surface area is 119 Å². The molecule has 106 valence electrons. The van der Waals surface area contributed by atoms with Crippen molar-refractivity contribution in [3.63, 3.8) is 0 Å². The summed E-state index contributed by atoms with van der Waals surface area (Å²) in [4.78, 5) is 2.67. The van der Waals surface area contributed by atoms with Crippen LogP contribution in [0.3, 0.4) is 0 Å². The van der Waals surface area contributed by atoms with Crippen molar-refractivity contribution in [2.75, 3.05) is 39.0 Å². The number of benzene rings is 1. The van der Waals surface area contributed by atoms with Crippen LogP contribution in [0.25, 0.3) is 0 Å². The zero-order valence-electron chi connectivity index (χ0n) is 11.0. The lowest BCUT2D eigenvalue weighted by Crippen LogP contribution is -2.44. The molecule has 0 radical (unpaired) electrons. The molecule has 1 N–H and O–H groups in total. The second-order valence-corrected chi connectivity index (χ2v) is 7.36. The summed E-state index contributed by atoms with van der Waals surface area (Å²) in [5.74, 6) is 0. The minimum Gasteiger partial charge on any atom is -0.314 e. The summed E-state index contributed by atoms with van der Waals surface area (Å²) in [6.07, 6.45) is 2.03. The number of hydrogen-bond acceptors (Lipinski definition) is 4. The predicted octanol–water partition coefficient (Wildman–Crippen LogP) is 1.19. The monoisotopic (exact) mass is 302 g/mol. The van der Waals surface area contributed by atoms with Gasteiger partial charge in [-0.3, -0.25) is 0 Å². The molecule has 0 amide bonds. The Balaban J connectivity index is 2.05. The van der Waals surface area contributed by atoms with E-state index in [-0.39, 0.29) is 0 Å². The molecule has 4 nitrogen and oxygen atoms in total. The van der Waals surface area contributed by atoms with Crippen LogP contribution in [0, 0.1) is 0 Å². The molecule has 2 rings (SSSR count). The second kappa shape index (κ2) is 6.22. The molecule has 1 saturated heterocycles. The molecule has 0 spiro atoms. The Morgan fingerprint density at radius 1 is 1.26 bits per heavy atom. The van der Waals surface area contributed by atoms with Gasteiger partial charge < -0.3 is 10.2 Å². The molecule has 0 atom stereocenters. The molecule has 1 aromatic carbocycles. The van der Waals surface area contributed by atoms with E-state index in [1.54, 1.807) is 6.07 Å². The van der Waals surface area contributed by atoms with Gasteiger partial charge in [0.2, 0.25) is 0 Å². The van der Waals surface area contributed by atoms with Crippen molar-refractivity contribution in [1.82, 2.24) is 10.2 Å². The van der Waals surface area contributed by atoms with Crippen molar-refractivity contribution in [2.24, 2.45) is 0 Å². The van der Waals surface area contributed by atoms with Crippen LogP contribution in [0.1, 0.15) is 5.56 Å². The quantitative estimate of drug-likeness (QED) is 0.908. The van der Waals surface area contributed by atoms with Gasteiger partial charge in [-0.1, -0.05) is 11.6 Å². The smallest absolute Gasteiger partial charge is 0.175 e. The minimum atomic E-state index is -3.20. The first-order chi connectivity index (χ1) is 8.95. The molecule has 19 heavy (non-hydrogen) atoms. The molecule has 0 bridgehead atoms. The van der Waals surface area contributed by atoms with Gasteiger partial charge >= 0.3 is 0 Å². The van der Waals surface area contributed by atoms with E-state index in [4.69, 9.17) is 11.6 Å². The van der Waals surface area contributed by atoms with Crippen LogP contribution in [0.4, 0.5) is 0 Å². The largest absolute Gasteiger partial charge is 0.314 e. The highest BCUT2D eigenvalue weighted by atomic mass is 35.5. The Morgan fingerprint density at radius 3 is 2.58 bits per heavy atom. The SMILES string of the molecule is CS(=O)(=O)c1cc(Cl)cc(CCN2CCNCC2)c1. The maximum Gasteiger partial charge on any atom is 0.175 e. The Morgan fingerprint density at radius 2 is 1.95 bits per heavy atom. The lowest BCUT2D eigenvalue weighted by atomic mass is 10.1. The second-order valence-electron chi connectivity index (χ2n) is 4.91. The van der Waals surface area contributed by atoms with Gasteiger partial charge in [-0.15, -0.1) is 0 Å². The molecule has 0 saturated carbocycles. The van der Waals surface area contributed by atoms with Crippen LogP contribution in [-0.4, -0.2) is 52.3 Å². The number of nitrogens with zero attached hydrogens (tertiary/aromatic N) is 1. The van der Waals surface area contributed by atoms with E-state index < -0.39 is 9.84 Å². The number of hydrogen-bond donors (Lipinski definition) is 1. The Bertz CT molecular complexity index is 540. The van der Waals surface area contributed by atoms with Crippen molar-refractivity contribution in [3.8, 4) is 0 Å². The highest BCUT2D eigenvalue weighted by molar-refractivity contribution is 7.90. The normalized spacial score (nSPS) is 17.6. The summed E-state index contributed by atoms with van der Waals surface area (Å²) in [5, 5.41) is 3.79. The zero-order chi connectivity index (χ0) is 13.9. The summed E-state index contributed by atoms with van der Waals surface area (Å²) in [7, 11) is -3.20. The van der Waals surface area contributed by atoms with E-state index in [0.717, 1.165) is 44.7 Å². The molecular weight excluding hydrogens is 284 g/mol. The van der Waals surface area contributed by atoms with E-state index in [9.17, 15) is 8.42 Å². The van der Waals surface area contributed by atoms with E-state index in [0.29, 0.717) is 9.92 Å². The summed E-state index contributed by atoms with van der Waals surface area (Å²) in [5.41, 5.74) is 0.978. The van der Waals surface area contributed by atoms with E-state index >= 15 is 0 Å². The molecule has 1 aliphatic rings. The highest BCUT2D eigenvalue weighted by Gasteiger charge is 2.12. The topological polar surface area (TPSA) is 49.4 Å². The average molecular weight is 303 g/mol. The standard InChI is InChI=1S/C13H19ClN2O2S/c1-19(17,18)13-9-11(8-12(14)10-13)2-5-16-6-3-15-4-7-16/h8-10,15H,2-7H2,1H3. The van der Waals surface area contributed by atoms with Crippen molar-refractivity contribution >= 4 is 21.4 Å². The first-order valence-electron chi connectivity index (χ1n) is 6.38. The van der Waals surface area contributed by atoms with Crippen LogP contribution in [0.5, 0.6) is 0 Å². The van der Waals surface area contributed by atoms with Crippen LogP contribution in [-0.2, 0) is 16.3 Å². The van der Waals surface area contributed by atoms with Crippen molar-refractivity contribution in [3.05, 3.63) is 28.8 Å². The first-order valence-corrected chi connectivity index (χ1v) is 8.65. The third kappa shape index (κ3) is 4.45. The molecule has 0 unspecified atom stereocenters. The molecule has 1 fully saturated rings. The Hall–Kier alpha value is -0.620. The first kappa shape index (κ1) is 14.8. The summed E-state index contributed by atoms with van der Waals surface area (Å²) in [6, 6.07) is 5.08. The van der Waals surface area contributed by atoms with E-state index in [1.807, 2.05) is 6.07 Å². The molecule has 1 aliphatic heterocycles. The van der Waals surface area contributed by atoms with Gasteiger partial charge in [0.05, 0.1) is 4.90 Å². The lowest BCUT2D eigenvalue weighted by Gasteiger charge is -2.27. The predicted molar refractivity (Wildman–Crippen MR) is 77.6 cm³/mol. The third-order valence-corrected chi connectivity index (χ3v) is 4.60. The van der Waals surface area contributed by atoms with E-state index in [2.05, 4.69) is 10.2 Å². The van der Waals surface area contributed by atoms with Crippen LogP contribution >= 0.6 is 11.6 Å². The zero-order valence-corrected chi connectivity index (χ0v) is 12.6. The summed E-state index contributed by atoms with van der Waals surface area (Å²) >= 11 is 5.99. The molecule has 0 aliphatic carbocycles. The number of rotatable bonds is 4. The van der Waals surface area contributed by atoms with Gasteiger partial charge in [-0.25, -0.2) is 8.42 Å². The fraction of sp³-hybridized carbons (Fsp3) is 0.538. The van der Waals surface area contributed by atoms with Crippen molar-refractivity contribution in [1.29, 1.82) is 0 Å². The fourth-order valence-corrected chi connectivity index (χ4v) is 3.23. The highest BCUT2D eigenvalue weighted by Crippen LogP contribution is 2.19. The summed E-state index contributed by atoms with van der Waals surface area (Å²) in [6.45, 7) is 5.05. The number of piperazine rings is 1. The Kier molecular flexibility index (Phi) is 4.84. The maximum absolute atomic E-state index is 11.6. The van der Waals surface area contributed by atoms with Gasteiger partial charge in [0.25, 0.3) is 0 Å². The molecule has 1 heterocycles. The van der Waals surface area contributed by atoms with Gasteiger partial charge in [0, 0.05) is 44.0 Å². The number of halogens is 1. The molecular formula is C13H19ClN2O2S. The lowest BCUT2D eigenvalue weighted by molar-refractivity contribution is 0.244. The number of nitrogens with one attached hydrogen (secondary N) is 1. The maximum atomic E-state index is 11.6. The average Bonchev–Trinajstić information content (AvgIpc) is 2.36. The van der Waals surface area contributed by atoms with Gasteiger partial charge in [-0.05, 0) is 30.2 Å². The summed E-state index contributed by atoms with van der Waals surface area (Å²) < 4.78 is 23.1. The molecule has 6 heteroatoms. The van der Waals surface area contributed by atoms with Crippen molar-refractivity contribution < 1.29 is 8.42 Å². The van der Waals surface area contributed by atoms with Crippen LogP contribution < -0.4 is 5.32 Å². The number of sulfone groups is 1. The minimum absolute atomic E-state index is 0.301. The van der Waals surface area contributed by atoms with E-state index in [1.165, 1.54) is 12.3 Å². The molecule has 1 aromatic rings. The molecule has 0 aromatic heterocycles. The van der Waals surface area contributed by atoms with Crippen LogP contribution in [0.15, 0.2) is 23.1 Å². The third-order valence-electron chi connectivity index (χ3n) is 3.29. The van der Waals surface area contributed by atoms with Crippen molar-refractivity contribution in [2.45, 2.75) is 11.3 Å². The van der Waals surface area contributed by atoms with Gasteiger partial charge in [-0.2, -0.15) is 0 Å². The van der Waals surface area contributed by atoms with Gasteiger partial charge in [0.1, 0.15) is 0 Å². The fourth-order valence-electron chi connectivity index (χ4n) is 2.20.